The summed E-state index contributed by atoms with van der Waals surface area (Å²) in [5.41, 5.74) is 11.2. The van der Waals surface area contributed by atoms with Crippen LogP contribution >= 0.6 is 0 Å². The number of nitrogens with zero attached hydrogens (tertiary/aromatic N) is 1. The Morgan fingerprint density at radius 2 is 1.92 bits per heavy atom. The van der Waals surface area contributed by atoms with Crippen LogP contribution in [-0.2, 0) is 17.6 Å². The zero-order chi connectivity index (χ0) is 16.4. The highest BCUT2D eigenvalue weighted by Crippen LogP contribution is 2.28. The molecule has 124 valence electrons. The second kappa shape index (κ2) is 6.71. The molecule has 2 aliphatic rings. The molecule has 24 heavy (non-hydrogen) atoms. The van der Waals surface area contributed by atoms with Crippen molar-refractivity contribution in [1.82, 2.24) is 15.8 Å². The molecule has 1 amide bonds. The molecule has 2 atom stereocenters. The highest BCUT2D eigenvalue weighted by molar-refractivity contribution is 5.95. The van der Waals surface area contributed by atoms with Gasteiger partial charge in [-0.25, -0.2) is 10.9 Å². The van der Waals surface area contributed by atoms with Crippen LogP contribution < -0.4 is 16.2 Å². The molecule has 0 saturated carbocycles. The monoisotopic (exact) mass is 322 g/mol. The van der Waals surface area contributed by atoms with Crippen molar-refractivity contribution in [3.8, 4) is 0 Å². The van der Waals surface area contributed by atoms with Crippen LogP contribution in [0.2, 0.25) is 0 Å². The normalized spacial score (nSPS) is 22.8. The van der Waals surface area contributed by atoms with Gasteiger partial charge in [0, 0.05) is 24.1 Å². The lowest BCUT2D eigenvalue weighted by Crippen LogP contribution is -2.39. The van der Waals surface area contributed by atoms with Crippen LogP contribution in [0.5, 0.6) is 0 Å². The molecule has 5 nitrogen and oxygen atoms in total. The van der Waals surface area contributed by atoms with Gasteiger partial charge in [0.25, 0.3) is 0 Å². The number of hydrazine groups is 1. The first-order valence-corrected chi connectivity index (χ1v) is 8.64. The first kappa shape index (κ1) is 15.3. The Bertz CT molecular complexity index is 731. The van der Waals surface area contributed by atoms with Gasteiger partial charge in [-0.15, -0.1) is 0 Å². The van der Waals surface area contributed by atoms with Crippen molar-refractivity contribution in [3.05, 3.63) is 59.4 Å². The van der Waals surface area contributed by atoms with Crippen LogP contribution in [0.3, 0.4) is 0 Å². The molecule has 0 spiro atoms. The van der Waals surface area contributed by atoms with E-state index in [1.807, 2.05) is 24.3 Å². The van der Waals surface area contributed by atoms with Crippen molar-refractivity contribution in [3.63, 3.8) is 0 Å². The minimum Gasteiger partial charge on any atom is -0.324 e. The zero-order valence-corrected chi connectivity index (χ0v) is 13.6. The fourth-order valence-electron chi connectivity index (χ4n) is 3.66. The topological polar surface area (TPSA) is 66.0 Å². The van der Waals surface area contributed by atoms with E-state index in [4.69, 9.17) is 0 Å². The van der Waals surface area contributed by atoms with E-state index in [9.17, 15) is 4.79 Å². The lowest BCUT2D eigenvalue weighted by atomic mass is 9.90. The SMILES string of the molecule is O=C(Nc1cccc2c1CCCC2)C1CC(c2ccncc2)NN1. The molecular formula is C19H22N4O. The van der Waals surface area contributed by atoms with Crippen molar-refractivity contribution in [2.45, 2.75) is 44.2 Å². The molecule has 2 heterocycles. The number of aryl methyl sites for hydroxylation is 1. The largest absolute Gasteiger partial charge is 0.324 e. The molecule has 1 aliphatic heterocycles. The number of fused-ring (bicyclic) bond motifs is 1. The van der Waals surface area contributed by atoms with Gasteiger partial charge in [0.05, 0.1) is 0 Å². The summed E-state index contributed by atoms with van der Waals surface area (Å²) in [7, 11) is 0. The molecule has 1 fully saturated rings. The Morgan fingerprint density at radius 1 is 1.08 bits per heavy atom. The molecule has 0 radical (unpaired) electrons. The van der Waals surface area contributed by atoms with Crippen LogP contribution in [0.25, 0.3) is 0 Å². The van der Waals surface area contributed by atoms with Crippen LogP contribution in [0.15, 0.2) is 42.7 Å². The maximum Gasteiger partial charge on any atom is 0.242 e. The van der Waals surface area contributed by atoms with Gasteiger partial charge in [-0.3, -0.25) is 9.78 Å². The molecule has 1 aliphatic carbocycles. The Morgan fingerprint density at radius 3 is 2.79 bits per heavy atom. The fraction of sp³-hybridized carbons (Fsp3) is 0.368. The molecule has 5 heteroatoms. The van der Waals surface area contributed by atoms with Crippen LogP contribution in [0, 0.1) is 0 Å². The van der Waals surface area contributed by atoms with E-state index in [-0.39, 0.29) is 18.0 Å². The predicted molar refractivity (Wildman–Crippen MR) is 93.4 cm³/mol. The molecule has 2 aromatic rings. The Kier molecular flexibility index (Phi) is 4.28. The van der Waals surface area contributed by atoms with E-state index in [2.05, 4.69) is 27.2 Å². The van der Waals surface area contributed by atoms with Gasteiger partial charge in [-0.2, -0.15) is 0 Å². The van der Waals surface area contributed by atoms with Gasteiger partial charge >= 0.3 is 0 Å². The molecule has 1 saturated heterocycles. The summed E-state index contributed by atoms with van der Waals surface area (Å²) in [5.74, 6) is 0.0260. The number of amides is 1. The number of hydrogen-bond donors (Lipinski definition) is 3. The maximum atomic E-state index is 12.7. The van der Waals surface area contributed by atoms with Gasteiger partial charge in [-0.05, 0) is 67.0 Å². The highest BCUT2D eigenvalue weighted by Gasteiger charge is 2.30. The van der Waals surface area contributed by atoms with Gasteiger partial charge < -0.3 is 5.32 Å². The fourth-order valence-corrected chi connectivity index (χ4v) is 3.66. The molecule has 2 unspecified atom stereocenters. The molecule has 3 N–H and O–H groups in total. The van der Waals surface area contributed by atoms with E-state index in [1.54, 1.807) is 12.4 Å². The number of carbonyl (C=O) groups excluding carboxylic acids is 1. The number of nitrogens with one attached hydrogen (secondary N) is 3. The van der Waals surface area contributed by atoms with Gasteiger partial charge in [0.15, 0.2) is 0 Å². The lowest BCUT2D eigenvalue weighted by Gasteiger charge is -2.20. The van der Waals surface area contributed by atoms with E-state index >= 15 is 0 Å². The van der Waals surface area contributed by atoms with Crippen molar-refractivity contribution in [2.24, 2.45) is 0 Å². The number of aromatic nitrogens is 1. The van der Waals surface area contributed by atoms with Gasteiger partial charge in [0.2, 0.25) is 5.91 Å². The number of carbonyl (C=O) groups is 1. The van der Waals surface area contributed by atoms with Crippen molar-refractivity contribution < 1.29 is 4.79 Å². The summed E-state index contributed by atoms with van der Waals surface area (Å²) in [6.07, 6.45) is 8.90. The minimum absolute atomic E-state index is 0.0260. The smallest absolute Gasteiger partial charge is 0.242 e. The average molecular weight is 322 g/mol. The number of rotatable bonds is 3. The summed E-state index contributed by atoms with van der Waals surface area (Å²) in [4.78, 5) is 16.7. The number of anilines is 1. The number of benzene rings is 1. The summed E-state index contributed by atoms with van der Waals surface area (Å²) < 4.78 is 0. The molecule has 1 aromatic carbocycles. The summed E-state index contributed by atoms with van der Waals surface area (Å²) in [6.45, 7) is 0. The van der Waals surface area contributed by atoms with Crippen LogP contribution in [0.4, 0.5) is 5.69 Å². The second-order valence-corrected chi connectivity index (χ2v) is 6.55. The molecule has 1 aromatic heterocycles. The van der Waals surface area contributed by atoms with Crippen LogP contribution in [0.1, 0.15) is 42.0 Å². The standard InChI is InChI=1S/C19H22N4O/c24-19(18-12-17(22-23-18)14-8-10-20-11-9-14)21-16-7-3-5-13-4-1-2-6-15(13)16/h3,5,7-11,17-18,22-23H,1-2,4,6,12H2,(H,21,24). The Labute approximate surface area is 141 Å². The Hall–Kier alpha value is -2.24. The van der Waals surface area contributed by atoms with Crippen molar-refractivity contribution >= 4 is 11.6 Å². The molecule has 0 bridgehead atoms. The average Bonchev–Trinajstić information content (AvgIpc) is 3.13. The summed E-state index contributed by atoms with van der Waals surface area (Å²) >= 11 is 0. The van der Waals surface area contributed by atoms with E-state index in [1.165, 1.54) is 24.0 Å². The van der Waals surface area contributed by atoms with E-state index in [0.717, 1.165) is 30.5 Å². The molecular weight excluding hydrogens is 300 g/mol. The summed E-state index contributed by atoms with van der Waals surface area (Å²) in [6, 6.07) is 10.1. The van der Waals surface area contributed by atoms with Gasteiger partial charge in [-0.1, -0.05) is 12.1 Å². The van der Waals surface area contributed by atoms with Gasteiger partial charge in [0.1, 0.15) is 6.04 Å². The second-order valence-electron chi connectivity index (χ2n) is 6.55. The number of hydrogen-bond acceptors (Lipinski definition) is 4. The van der Waals surface area contributed by atoms with Crippen molar-refractivity contribution in [1.29, 1.82) is 0 Å². The zero-order valence-electron chi connectivity index (χ0n) is 13.6. The third kappa shape index (κ3) is 3.05. The number of pyridine rings is 1. The maximum absolute atomic E-state index is 12.7. The van der Waals surface area contributed by atoms with Crippen molar-refractivity contribution in [2.75, 3.05) is 5.32 Å². The first-order chi connectivity index (χ1) is 11.8. The first-order valence-electron chi connectivity index (χ1n) is 8.64. The highest BCUT2D eigenvalue weighted by atomic mass is 16.2. The Balaban J connectivity index is 1.44. The third-order valence-electron chi connectivity index (χ3n) is 4.98. The quantitative estimate of drug-likeness (QED) is 0.812. The minimum atomic E-state index is -0.234. The lowest BCUT2D eigenvalue weighted by molar-refractivity contribution is -0.117. The van der Waals surface area contributed by atoms with E-state index in [0.29, 0.717) is 0 Å². The predicted octanol–water partition coefficient (Wildman–Crippen LogP) is 2.51. The summed E-state index contributed by atoms with van der Waals surface area (Å²) in [5, 5.41) is 3.13. The molecule has 4 rings (SSSR count). The van der Waals surface area contributed by atoms with Crippen LogP contribution in [-0.4, -0.2) is 16.9 Å². The third-order valence-corrected chi connectivity index (χ3v) is 4.98. The van der Waals surface area contributed by atoms with E-state index < -0.39 is 0 Å².